The number of hydrogen-bond acceptors (Lipinski definition) is 3. The highest BCUT2D eigenvalue weighted by atomic mass is 19.4. The van der Waals surface area contributed by atoms with Crippen LogP contribution in [0.3, 0.4) is 0 Å². The monoisotopic (exact) mass is 285 g/mol. The number of hydroxylamine groups is 1. The molecule has 2 aromatic rings. The van der Waals surface area contributed by atoms with E-state index in [4.69, 9.17) is 4.74 Å². The standard InChI is InChI=1S/C14H14F3NO2/c1-19-13-7-6-10(8-18-20-9-14(15,16)17)11-4-2-3-5-12(11)13/h2-7,18H,8-9H2,1H3. The topological polar surface area (TPSA) is 30.5 Å². The normalized spacial score (nSPS) is 11.8. The van der Waals surface area contributed by atoms with Crippen molar-refractivity contribution in [3.8, 4) is 5.75 Å². The van der Waals surface area contributed by atoms with Gasteiger partial charge in [0.05, 0.1) is 7.11 Å². The van der Waals surface area contributed by atoms with Crippen LogP contribution in [0.25, 0.3) is 10.8 Å². The largest absolute Gasteiger partial charge is 0.496 e. The van der Waals surface area contributed by atoms with E-state index in [9.17, 15) is 13.2 Å². The summed E-state index contributed by atoms with van der Waals surface area (Å²) in [6.07, 6.45) is -4.34. The summed E-state index contributed by atoms with van der Waals surface area (Å²) in [6, 6.07) is 11.1. The molecule has 20 heavy (non-hydrogen) atoms. The summed E-state index contributed by atoms with van der Waals surface area (Å²) in [4.78, 5) is 4.40. The van der Waals surface area contributed by atoms with Crippen molar-refractivity contribution in [2.24, 2.45) is 0 Å². The van der Waals surface area contributed by atoms with Crippen LogP contribution in [-0.4, -0.2) is 19.9 Å². The lowest BCUT2D eigenvalue weighted by atomic mass is 10.0. The first kappa shape index (κ1) is 14.6. The van der Waals surface area contributed by atoms with E-state index >= 15 is 0 Å². The number of alkyl halides is 3. The first-order valence-electron chi connectivity index (χ1n) is 5.97. The molecular formula is C14H14F3NO2. The number of halogens is 3. The van der Waals surface area contributed by atoms with E-state index in [0.717, 1.165) is 22.1 Å². The van der Waals surface area contributed by atoms with Crippen LogP contribution in [0.1, 0.15) is 5.56 Å². The average molecular weight is 285 g/mol. The van der Waals surface area contributed by atoms with Gasteiger partial charge in [-0.15, -0.1) is 0 Å². The predicted molar refractivity (Wildman–Crippen MR) is 69.3 cm³/mol. The van der Waals surface area contributed by atoms with Gasteiger partial charge in [-0.1, -0.05) is 30.3 Å². The number of hydrogen-bond donors (Lipinski definition) is 1. The predicted octanol–water partition coefficient (Wildman–Crippen LogP) is 3.43. The zero-order valence-electron chi connectivity index (χ0n) is 10.8. The van der Waals surface area contributed by atoms with Gasteiger partial charge in [-0.25, -0.2) is 0 Å². The molecule has 0 aliphatic carbocycles. The molecule has 0 heterocycles. The van der Waals surface area contributed by atoms with Gasteiger partial charge in [-0.05, 0) is 17.0 Å². The van der Waals surface area contributed by atoms with Gasteiger partial charge in [0.25, 0.3) is 0 Å². The van der Waals surface area contributed by atoms with Crippen LogP contribution in [0.2, 0.25) is 0 Å². The van der Waals surface area contributed by atoms with E-state index in [1.807, 2.05) is 24.3 Å². The minimum atomic E-state index is -4.34. The van der Waals surface area contributed by atoms with Crippen molar-refractivity contribution in [1.82, 2.24) is 5.48 Å². The Morgan fingerprint density at radius 3 is 2.40 bits per heavy atom. The van der Waals surface area contributed by atoms with Gasteiger partial charge in [-0.2, -0.15) is 18.7 Å². The van der Waals surface area contributed by atoms with E-state index in [0.29, 0.717) is 0 Å². The van der Waals surface area contributed by atoms with Crippen LogP contribution in [0, 0.1) is 0 Å². The quantitative estimate of drug-likeness (QED) is 0.674. The van der Waals surface area contributed by atoms with Gasteiger partial charge in [0.2, 0.25) is 0 Å². The first-order valence-corrected chi connectivity index (χ1v) is 5.97. The lowest BCUT2D eigenvalue weighted by Gasteiger charge is -2.12. The molecule has 0 spiro atoms. The molecule has 0 amide bonds. The molecule has 0 bridgehead atoms. The molecule has 0 radical (unpaired) electrons. The van der Waals surface area contributed by atoms with Crippen molar-refractivity contribution in [2.45, 2.75) is 12.7 Å². The maximum atomic E-state index is 12.0. The van der Waals surface area contributed by atoms with Crippen molar-refractivity contribution >= 4 is 10.8 Å². The second kappa shape index (κ2) is 6.11. The van der Waals surface area contributed by atoms with Crippen molar-refractivity contribution in [3.05, 3.63) is 42.0 Å². The molecule has 2 aromatic carbocycles. The van der Waals surface area contributed by atoms with Gasteiger partial charge in [0.1, 0.15) is 5.75 Å². The summed E-state index contributed by atoms with van der Waals surface area (Å²) >= 11 is 0. The summed E-state index contributed by atoms with van der Waals surface area (Å²) in [5.41, 5.74) is 3.16. The smallest absolute Gasteiger partial charge is 0.413 e. The lowest BCUT2D eigenvalue weighted by Crippen LogP contribution is -2.24. The fourth-order valence-electron chi connectivity index (χ4n) is 1.93. The maximum Gasteiger partial charge on any atom is 0.413 e. The van der Waals surface area contributed by atoms with Gasteiger partial charge >= 0.3 is 6.18 Å². The number of fused-ring (bicyclic) bond motifs is 1. The molecule has 6 heteroatoms. The Hall–Kier alpha value is -1.79. The van der Waals surface area contributed by atoms with Gasteiger partial charge in [0.15, 0.2) is 6.61 Å². The Kier molecular flexibility index (Phi) is 4.46. The Bertz CT molecular complexity index is 584. The summed E-state index contributed by atoms with van der Waals surface area (Å²) in [5, 5.41) is 1.82. The Labute approximate surface area is 114 Å². The van der Waals surface area contributed by atoms with E-state index < -0.39 is 12.8 Å². The molecule has 0 aliphatic heterocycles. The summed E-state index contributed by atoms with van der Waals surface area (Å²) in [5.74, 6) is 0.723. The number of methoxy groups -OCH3 is 1. The molecule has 0 aliphatic rings. The second-order valence-electron chi connectivity index (χ2n) is 4.20. The second-order valence-corrected chi connectivity index (χ2v) is 4.20. The highest BCUT2D eigenvalue weighted by Gasteiger charge is 2.27. The number of benzene rings is 2. The van der Waals surface area contributed by atoms with E-state index in [1.54, 1.807) is 19.2 Å². The molecule has 1 N–H and O–H groups in total. The van der Waals surface area contributed by atoms with Crippen LogP contribution in [-0.2, 0) is 11.4 Å². The molecule has 0 saturated carbocycles. The third kappa shape index (κ3) is 3.61. The summed E-state index contributed by atoms with van der Waals surface area (Å²) in [6.45, 7) is -1.14. The van der Waals surface area contributed by atoms with E-state index in [2.05, 4.69) is 10.3 Å². The van der Waals surface area contributed by atoms with Crippen LogP contribution in [0.5, 0.6) is 5.75 Å². The highest BCUT2D eigenvalue weighted by molar-refractivity contribution is 5.91. The van der Waals surface area contributed by atoms with Crippen molar-refractivity contribution < 1.29 is 22.7 Å². The molecule has 0 fully saturated rings. The molecule has 2 rings (SSSR count). The zero-order valence-corrected chi connectivity index (χ0v) is 10.8. The van der Waals surface area contributed by atoms with Gasteiger partial charge in [-0.3, -0.25) is 4.84 Å². The SMILES string of the molecule is COc1ccc(CNOCC(F)(F)F)c2ccccc12. The molecule has 3 nitrogen and oxygen atoms in total. The van der Waals surface area contributed by atoms with E-state index in [1.165, 1.54) is 0 Å². The Morgan fingerprint density at radius 1 is 1.05 bits per heavy atom. The summed E-state index contributed by atoms with van der Waals surface area (Å²) in [7, 11) is 1.58. The van der Waals surface area contributed by atoms with Crippen molar-refractivity contribution in [2.75, 3.05) is 13.7 Å². The molecule has 0 atom stereocenters. The maximum absolute atomic E-state index is 12.0. The third-order valence-electron chi connectivity index (χ3n) is 2.79. The molecular weight excluding hydrogens is 271 g/mol. The molecule has 0 aromatic heterocycles. The number of rotatable bonds is 5. The minimum Gasteiger partial charge on any atom is -0.496 e. The minimum absolute atomic E-state index is 0.181. The zero-order chi connectivity index (χ0) is 14.6. The van der Waals surface area contributed by atoms with Crippen molar-refractivity contribution in [1.29, 1.82) is 0 Å². The fraction of sp³-hybridized carbons (Fsp3) is 0.286. The third-order valence-corrected chi connectivity index (χ3v) is 2.79. The van der Waals surface area contributed by atoms with Gasteiger partial charge in [0, 0.05) is 11.9 Å². The first-order chi connectivity index (χ1) is 9.51. The Balaban J connectivity index is 2.11. The summed E-state index contributed by atoms with van der Waals surface area (Å²) < 4.78 is 41.1. The molecule has 0 unspecified atom stereocenters. The average Bonchev–Trinajstić information content (AvgIpc) is 2.42. The lowest BCUT2D eigenvalue weighted by molar-refractivity contribution is -0.190. The molecule has 108 valence electrons. The van der Waals surface area contributed by atoms with Crippen LogP contribution < -0.4 is 10.2 Å². The van der Waals surface area contributed by atoms with Crippen LogP contribution in [0.4, 0.5) is 13.2 Å². The van der Waals surface area contributed by atoms with Gasteiger partial charge < -0.3 is 4.74 Å². The van der Waals surface area contributed by atoms with Crippen LogP contribution >= 0.6 is 0 Å². The Morgan fingerprint density at radius 2 is 1.75 bits per heavy atom. The molecule has 0 saturated heterocycles. The van der Waals surface area contributed by atoms with E-state index in [-0.39, 0.29) is 6.54 Å². The van der Waals surface area contributed by atoms with Crippen LogP contribution in [0.15, 0.2) is 36.4 Å². The van der Waals surface area contributed by atoms with Crippen molar-refractivity contribution in [3.63, 3.8) is 0 Å². The number of nitrogens with one attached hydrogen (secondary N) is 1. The number of ether oxygens (including phenoxy) is 1. The fourth-order valence-corrected chi connectivity index (χ4v) is 1.93. The highest BCUT2D eigenvalue weighted by Crippen LogP contribution is 2.28.